The molecule has 1 aliphatic carbocycles. The molecule has 2 fully saturated rings. The molecule has 2 heterocycles. The van der Waals surface area contributed by atoms with Crippen LogP contribution in [-0.4, -0.2) is 41.8 Å². The Morgan fingerprint density at radius 3 is 2.68 bits per heavy atom. The van der Waals surface area contributed by atoms with Gasteiger partial charge in [0.1, 0.15) is 0 Å². The molecule has 0 bridgehead atoms. The Bertz CT molecular complexity index is 732. The van der Waals surface area contributed by atoms with Crippen LogP contribution in [0.3, 0.4) is 0 Å². The first-order valence-electron chi connectivity index (χ1n) is 7.46. The molecule has 120 valence electrons. The van der Waals surface area contributed by atoms with E-state index in [-0.39, 0.29) is 29.4 Å². The van der Waals surface area contributed by atoms with Crippen molar-refractivity contribution in [1.82, 2.24) is 15.2 Å². The number of aryl methyl sites for hydroxylation is 1. The fourth-order valence-corrected chi connectivity index (χ4v) is 4.48. The number of aromatic nitrogens is 2. The first kappa shape index (κ1) is 15.2. The minimum atomic E-state index is -2.95. The van der Waals surface area contributed by atoms with Crippen LogP contribution in [0.25, 0.3) is 0 Å². The van der Waals surface area contributed by atoms with Gasteiger partial charge in [-0.25, -0.2) is 13.8 Å². The molecular weight excluding hydrogens is 304 g/mol. The second-order valence-corrected chi connectivity index (χ2v) is 8.32. The molecule has 0 radical (unpaired) electrons. The van der Waals surface area contributed by atoms with Gasteiger partial charge in [-0.05, 0) is 33.1 Å². The van der Waals surface area contributed by atoms with Crippen molar-refractivity contribution in [2.24, 2.45) is 11.0 Å². The molecule has 1 aromatic rings. The quantitative estimate of drug-likeness (QED) is 0.652. The minimum absolute atomic E-state index is 0.0409. The SMILES string of the molecule is Cc1nn([C@@H]2CCS(=O)(=O)C2)c(C)c1/C=N\NC(=O)C1CC1. The van der Waals surface area contributed by atoms with E-state index >= 15 is 0 Å². The predicted molar refractivity (Wildman–Crippen MR) is 82.5 cm³/mol. The first-order valence-corrected chi connectivity index (χ1v) is 9.28. The molecule has 0 aromatic carbocycles. The molecular formula is C14H20N4O3S. The lowest BCUT2D eigenvalue weighted by Crippen LogP contribution is -2.19. The van der Waals surface area contributed by atoms with Crippen molar-refractivity contribution in [1.29, 1.82) is 0 Å². The van der Waals surface area contributed by atoms with Crippen LogP contribution in [0.2, 0.25) is 0 Å². The molecule has 3 rings (SSSR count). The van der Waals surface area contributed by atoms with Crippen molar-refractivity contribution in [2.75, 3.05) is 11.5 Å². The van der Waals surface area contributed by atoms with E-state index in [0.717, 1.165) is 29.8 Å². The van der Waals surface area contributed by atoms with E-state index in [1.807, 2.05) is 13.8 Å². The van der Waals surface area contributed by atoms with Crippen molar-refractivity contribution in [3.63, 3.8) is 0 Å². The summed E-state index contributed by atoms with van der Waals surface area (Å²) in [6, 6.07) is -0.105. The van der Waals surface area contributed by atoms with E-state index in [1.54, 1.807) is 10.9 Å². The second-order valence-electron chi connectivity index (χ2n) is 6.09. The predicted octanol–water partition coefficient (Wildman–Crippen LogP) is 0.720. The van der Waals surface area contributed by atoms with Crippen molar-refractivity contribution in [3.05, 3.63) is 17.0 Å². The van der Waals surface area contributed by atoms with Gasteiger partial charge in [0.25, 0.3) is 0 Å². The molecule has 7 nitrogen and oxygen atoms in total. The van der Waals surface area contributed by atoms with Crippen LogP contribution < -0.4 is 5.43 Å². The van der Waals surface area contributed by atoms with Gasteiger partial charge in [-0.1, -0.05) is 0 Å². The molecule has 1 saturated heterocycles. The van der Waals surface area contributed by atoms with Gasteiger partial charge in [0.05, 0.1) is 29.5 Å². The molecule has 1 atom stereocenters. The Morgan fingerprint density at radius 2 is 2.09 bits per heavy atom. The van der Waals surface area contributed by atoms with Crippen LogP contribution >= 0.6 is 0 Å². The number of hydrazone groups is 1. The summed E-state index contributed by atoms with van der Waals surface area (Å²) in [6.45, 7) is 3.76. The highest BCUT2D eigenvalue weighted by Gasteiger charge is 2.31. The average Bonchev–Trinajstić information content (AvgIpc) is 3.18. The molecule has 1 aliphatic heterocycles. The molecule has 1 N–H and O–H groups in total. The maximum atomic E-state index is 11.6. The summed E-state index contributed by atoms with van der Waals surface area (Å²) < 4.78 is 25.0. The highest BCUT2D eigenvalue weighted by Crippen LogP contribution is 2.29. The van der Waals surface area contributed by atoms with Crippen molar-refractivity contribution < 1.29 is 13.2 Å². The van der Waals surface area contributed by atoms with Crippen LogP contribution in [0.1, 0.15) is 42.3 Å². The number of nitrogens with zero attached hydrogens (tertiary/aromatic N) is 3. The summed E-state index contributed by atoms with van der Waals surface area (Å²) in [5.41, 5.74) is 5.03. The number of rotatable bonds is 4. The fraction of sp³-hybridized carbons (Fsp3) is 0.643. The van der Waals surface area contributed by atoms with Crippen molar-refractivity contribution in [3.8, 4) is 0 Å². The van der Waals surface area contributed by atoms with Crippen LogP contribution in [0.4, 0.5) is 0 Å². The smallest absolute Gasteiger partial charge is 0.243 e. The summed E-state index contributed by atoms with van der Waals surface area (Å²) in [4.78, 5) is 11.5. The summed E-state index contributed by atoms with van der Waals surface area (Å²) in [6.07, 6.45) is 4.07. The van der Waals surface area contributed by atoms with Gasteiger partial charge < -0.3 is 0 Å². The van der Waals surface area contributed by atoms with Crippen LogP contribution in [-0.2, 0) is 14.6 Å². The maximum Gasteiger partial charge on any atom is 0.243 e. The Hall–Kier alpha value is -1.70. The van der Waals surface area contributed by atoms with E-state index in [9.17, 15) is 13.2 Å². The molecule has 2 aliphatic rings. The molecule has 0 spiro atoms. The third-order valence-corrected chi connectivity index (χ3v) is 6.00. The van der Waals surface area contributed by atoms with Gasteiger partial charge >= 0.3 is 0 Å². The lowest BCUT2D eigenvalue weighted by Gasteiger charge is -2.10. The number of hydrogen-bond donors (Lipinski definition) is 1. The van der Waals surface area contributed by atoms with Gasteiger partial charge in [-0.3, -0.25) is 9.48 Å². The number of hydrogen-bond acceptors (Lipinski definition) is 5. The third kappa shape index (κ3) is 3.06. The summed E-state index contributed by atoms with van der Waals surface area (Å²) in [7, 11) is -2.95. The van der Waals surface area contributed by atoms with E-state index in [1.165, 1.54) is 0 Å². The van der Waals surface area contributed by atoms with Gasteiger partial charge in [0, 0.05) is 17.2 Å². The van der Waals surface area contributed by atoms with Gasteiger partial charge in [-0.15, -0.1) is 0 Å². The summed E-state index contributed by atoms with van der Waals surface area (Å²) in [5.74, 6) is 0.437. The topological polar surface area (TPSA) is 93.4 Å². The lowest BCUT2D eigenvalue weighted by atomic mass is 10.2. The Kier molecular flexibility index (Phi) is 3.80. The van der Waals surface area contributed by atoms with Gasteiger partial charge in [0.15, 0.2) is 9.84 Å². The van der Waals surface area contributed by atoms with Crippen LogP contribution in [0.5, 0.6) is 0 Å². The number of sulfone groups is 1. The standard InChI is InChI=1S/C14H20N4O3S/c1-9-13(7-15-16-14(19)11-3-4-11)10(2)18(17-9)12-5-6-22(20,21)8-12/h7,11-12H,3-6,8H2,1-2H3,(H,16,19)/b15-7-/t12-/m1/s1. The fourth-order valence-electron chi connectivity index (χ4n) is 2.78. The maximum absolute atomic E-state index is 11.6. The minimum Gasteiger partial charge on any atom is -0.273 e. The van der Waals surface area contributed by atoms with E-state index in [4.69, 9.17) is 0 Å². The van der Waals surface area contributed by atoms with E-state index in [2.05, 4.69) is 15.6 Å². The monoisotopic (exact) mass is 324 g/mol. The van der Waals surface area contributed by atoms with Crippen molar-refractivity contribution in [2.45, 2.75) is 39.2 Å². The summed E-state index contributed by atoms with van der Waals surface area (Å²) >= 11 is 0. The zero-order valence-electron chi connectivity index (χ0n) is 12.7. The number of carbonyl (C=O) groups excluding carboxylic acids is 1. The van der Waals surface area contributed by atoms with E-state index < -0.39 is 9.84 Å². The van der Waals surface area contributed by atoms with Crippen LogP contribution in [0, 0.1) is 19.8 Å². The van der Waals surface area contributed by atoms with Gasteiger partial charge in [0.2, 0.25) is 5.91 Å². The highest BCUT2D eigenvalue weighted by atomic mass is 32.2. The second kappa shape index (κ2) is 5.49. The Balaban J connectivity index is 1.75. The zero-order valence-corrected chi connectivity index (χ0v) is 13.6. The third-order valence-electron chi connectivity index (χ3n) is 4.25. The highest BCUT2D eigenvalue weighted by molar-refractivity contribution is 7.91. The Morgan fingerprint density at radius 1 is 1.36 bits per heavy atom. The zero-order chi connectivity index (χ0) is 15.9. The molecule has 1 aromatic heterocycles. The van der Waals surface area contributed by atoms with Crippen LogP contribution in [0.15, 0.2) is 5.10 Å². The largest absolute Gasteiger partial charge is 0.273 e. The normalized spacial score (nSPS) is 24.0. The first-order chi connectivity index (χ1) is 10.4. The average molecular weight is 324 g/mol. The van der Waals surface area contributed by atoms with Gasteiger partial charge in [-0.2, -0.15) is 10.2 Å². The molecule has 8 heteroatoms. The van der Waals surface area contributed by atoms with E-state index in [0.29, 0.717) is 6.42 Å². The molecule has 0 unspecified atom stereocenters. The number of amides is 1. The molecule has 22 heavy (non-hydrogen) atoms. The number of carbonyl (C=O) groups is 1. The molecule has 1 saturated carbocycles. The number of nitrogens with one attached hydrogen (secondary N) is 1. The summed E-state index contributed by atoms with van der Waals surface area (Å²) in [5, 5.41) is 8.45. The molecule has 1 amide bonds. The lowest BCUT2D eigenvalue weighted by molar-refractivity contribution is -0.122. The van der Waals surface area contributed by atoms with Crippen molar-refractivity contribution >= 4 is 22.0 Å². The Labute approximate surface area is 129 Å².